The van der Waals surface area contributed by atoms with Crippen LogP contribution in [0.25, 0.3) is 0 Å². The first-order valence-corrected chi connectivity index (χ1v) is 5.03. The molecule has 0 bridgehead atoms. The molecule has 1 atom stereocenters. The van der Waals surface area contributed by atoms with Gasteiger partial charge in [0.1, 0.15) is 6.10 Å². The molecule has 0 aliphatic carbocycles. The Morgan fingerprint density at radius 1 is 1.47 bits per heavy atom. The van der Waals surface area contributed by atoms with Crippen molar-refractivity contribution in [1.29, 1.82) is 0 Å². The van der Waals surface area contributed by atoms with E-state index in [0.717, 1.165) is 11.4 Å². The molecule has 1 aromatic rings. The van der Waals surface area contributed by atoms with Crippen LogP contribution in [0.3, 0.4) is 0 Å². The Kier molecular flexibility index (Phi) is 3.25. The zero-order chi connectivity index (χ0) is 10.7. The average molecular weight is 209 g/mol. The lowest BCUT2D eigenvalue weighted by molar-refractivity contribution is -0.0936. The van der Waals surface area contributed by atoms with Gasteiger partial charge in [-0.3, -0.25) is 0 Å². The van der Waals surface area contributed by atoms with Crippen LogP contribution >= 0.6 is 0 Å². The monoisotopic (exact) mass is 209 g/mol. The van der Waals surface area contributed by atoms with Gasteiger partial charge in [-0.05, 0) is 13.0 Å². The number of hydrogen-bond acceptors (Lipinski definition) is 5. The van der Waals surface area contributed by atoms with Crippen LogP contribution in [0.15, 0.2) is 6.07 Å². The smallest absolute Gasteiger partial charge is 0.160 e. The van der Waals surface area contributed by atoms with Crippen LogP contribution in [0.5, 0.6) is 0 Å². The van der Waals surface area contributed by atoms with Gasteiger partial charge < -0.3 is 15.2 Å². The Morgan fingerprint density at radius 2 is 2.33 bits per heavy atom. The number of hydrogen-bond donors (Lipinski definition) is 1. The predicted octanol–water partition coefficient (Wildman–Crippen LogP) is 0.332. The van der Waals surface area contributed by atoms with E-state index in [1.807, 2.05) is 13.0 Å². The third-order valence-electron chi connectivity index (χ3n) is 2.24. The molecule has 5 heteroatoms. The maximum atomic E-state index is 5.55. The summed E-state index contributed by atoms with van der Waals surface area (Å²) < 4.78 is 10.8. The number of rotatable bonds is 2. The molecule has 2 heterocycles. The van der Waals surface area contributed by atoms with E-state index in [9.17, 15) is 0 Å². The van der Waals surface area contributed by atoms with E-state index < -0.39 is 0 Å². The highest BCUT2D eigenvalue weighted by Gasteiger charge is 2.19. The Labute approximate surface area is 88.6 Å². The summed E-state index contributed by atoms with van der Waals surface area (Å²) in [7, 11) is 0. The van der Waals surface area contributed by atoms with Crippen molar-refractivity contribution in [3.8, 4) is 0 Å². The van der Waals surface area contributed by atoms with E-state index >= 15 is 0 Å². The van der Waals surface area contributed by atoms with E-state index in [2.05, 4.69) is 9.97 Å². The molecule has 1 aliphatic rings. The molecule has 0 spiro atoms. The Balaban J connectivity index is 2.22. The molecule has 0 radical (unpaired) electrons. The number of ether oxygens (including phenoxy) is 2. The molecule has 1 aromatic heterocycles. The largest absolute Gasteiger partial charge is 0.376 e. The first-order valence-electron chi connectivity index (χ1n) is 5.03. The predicted molar refractivity (Wildman–Crippen MR) is 54.2 cm³/mol. The minimum Gasteiger partial charge on any atom is -0.376 e. The van der Waals surface area contributed by atoms with Crippen LogP contribution < -0.4 is 5.73 Å². The molecule has 1 fully saturated rings. The second-order valence-electron chi connectivity index (χ2n) is 3.50. The van der Waals surface area contributed by atoms with Crippen molar-refractivity contribution < 1.29 is 9.47 Å². The van der Waals surface area contributed by atoms with E-state index in [1.54, 1.807) is 0 Å². The minimum absolute atomic E-state index is 0.149. The van der Waals surface area contributed by atoms with Crippen molar-refractivity contribution in [2.75, 3.05) is 19.8 Å². The summed E-state index contributed by atoms with van der Waals surface area (Å²) in [4.78, 5) is 8.67. The van der Waals surface area contributed by atoms with Crippen molar-refractivity contribution in [2.24, 2.45) is 5.73 Å². The third kappa shape index (κ3) is 2.50. The summed E-state index contributed by atoms with van der Waals surface area (Å²) in [6.07, 6.45) is -0.149. The van der Waals surface area contributed by atoms with Gasteiger partial charge in [0.25, 0.3) is 0 Å². The Bertz CT molecular complexity index is 337. The highest BCUT2D eigenvalue weighted by Crippen LogP contribution is 2.17. The first-order chi connectivity index (χ1) is 7.29. The van der Waals surface area contributed by atoms with Gasteiger partial charge in [-0.1, -0.05) is 0 Å². The summed E-state index contributed by atoms with van der Waals surface area (Å²) in [5, 5.41) is 0. The van der Waals surface area contributed by atoms with Crippen LogP contribution in [0.4, 0.5) is 0 Å². The molecular weight excluding hydrogens is 194 g/mol. The molecule has 0 aromatic carbocycles. The molecule has 1 aliphatic heterocycles. The quantitative estimate of drug-likeness (QED) is 0.760. The molecule has 15 heavy (non-hydrogen) atoms. The van der Waals surface area contributed by atoms with Crippen molar-refractivity contribution in [2.45, 2.75) is 19.6 Å². The molecule has 0 amide bonds. The molecule has 2 rings (SSSR count). The fraction of sp³-hybridized carbons (Fsp3) is 0.600. The van der Waals surface area contributed by atoms with Crippen LogP contribution in [0.1, 0.15) is 23.3 Å². The second-order valence-corrected chi connectivity index (χ2v) is 3.50. The number of nitrogens with two attached hydrogens (primary N) is 1. The van der Waals surface area contributed by atoms with E-state index in [1.165, 1.54) is 0 Å². The molecule has 1 saturated heterocycles. The van der Waals surface area contributed by atoms with E-state index in [-0.39, 0.29) is 6.10 Å². The normalized spacial score (nSPS) is 21.6. The van der Waals surface area contributed by atoms with Crippen molar-refractivity contribution in [3.63, 3.8) is 0 Å². The summed E-state index contributed by atoms with van der Waals surface area (Å²) in [6, 6.07) is 1.88. The van der Waals surface area contributed by atoms with E-state index in [4.69, 9.17) is 15.2 Å². The lowest BCUT2D eigenvalue weighted by atomic mass is 10.2. The van der Waals surface area contributed by atoms with Gasteiger partial charge in [-0.2, -0.15) is 0 Å². The third-order valence-corrected chi connectivity index (χ3v) is 2.24. The van der Waals surface area contributed by atoms with Gasteiger partial charge in [-0.15, -0.1) is 0 Å². The highest BCUT2D eigenvalue weighted by molar-refractivity contribution is 5.11. The van der Waals surface area contributed by atoms with Gasteiger partial charge >= 0.3 is 0 Å². The van der Waals surface area contributed by atoms with Crippen LogP contribution in [-0.4, -0.2) is 29.8 Å². The number of nitrogens with zero attached hydrogens (tertiary/aromatic N) is 2. The van der Waals surface area contributed by atoms with Gasteiger partial charge in [0.15, 0.2) is 5.82 Å². The fourth-order valence-electron chi connectivity index (χ4n) is 1.54. The van der Waals surface area contributed by atoms with Gasteiger partial charge in [-0.25, -0.2) is 9.97 Å². The van der Waals surface area contributed by atoms with Crippen LogP contribution in [-0.2, 0) is 16.0 Å². The topological polar surface area (TPSA) is 70.3 Å². The highest BCUT2D eigenvalue weighted by atomic mass is 16.6. The van der Waals surface area contributed by atoms with Gasteiger partial charge in [0.2, 0.25) is 0 Å². The van der Waals surface area contributed by atoms with Crippen LogP contribution in [0, 0.1) is 6.92 Å². The number of aromatic nitrogens is 2. The molecule has 2 N–H and O–H groups in total. The lowest BCUT2D eigenvalue weighted by Crippen LogP contribution is -2.24. The standard InChI is InChI=1S/C10H15N3O2/c1-7-4-8(5-11)13-10(12-7)9-6-14-2-3-15-9/h4,9H,2-3,5-6,11H2,1H3. The molecule has 0 saturated carbocycles. The summed E-state index contributed by atoms with van der Waals surface area (Å²) in [6.45, 7) is 4.11. The van der Waals surface area contributed by atoms with Gasteiger partial charge in [0.05, 0.1) is 25.5 Å². The summed E-state index contributed by atoms with van der Waals surface area (Å²) in [5.41, 5.74) is 7.31. The van der Waals surface area contributed by atoms with Crippen molar-refractivity contribution >= 4 is 0 Å². The minimum atomic E-state index is -0.149. The molecule has 82 valence electrons. The van der Waals surface area contributed by atoms with Crippen molar-refractivity contribution in [1.82, 2.24) is 9.97 Å². The van der Waals surface area contributed by atoms with Crippen LogP contribution in [0.2, 0.25) is 0 Å². The summed E-state index contributed by atoms with van der Waals surface area (Å²) >= 11 is 0. The first kappa shape index (κ1) is 10.5. The zero-order valence-corrected chi connectivity index (χ0v) is 8.77. The van der Waals surface area contributed by atoms with E-state index in [0.29, 0.717) is 32.2 Å². The van der Waals surface area contributed by atoms with Gasteiger partial charge in [0, 0.05) is 12.2 Å². The zero-order valence-electron chi connectivity index (χ0n) is 8.77. The molecular formula is C10H15N3O2. The maximum absolute atomic E-state index is 5.55. The Morgan fingerprint density at radius 3 is 3.00 bits per heavy atom. The second kappa shape index (κ2) is 4.65. The maximum Gasteiger partial charge on any atom is 0.160 e. The molecule has 5 nitrogen and oxygen atoms in total. The lowest BCUT2D eigenvalue weighted by Gasteiger charge is -2.22. The number of aryl methyl sites for hydroxylation is 1. The SMILES string of the molecule is Cc1cc(CN)nc(C2COCCO2)n1. The average Bonchev–Trinajstić information content (AvgIpc) is 2.29. The Hall–Kier alpha value is -1.04. The van der Waals surface area contributed by atoms with Crippen molar-refractivity contribution in [3.05, 3.63) is 23.3 Å². The molecule has 1 unspecified atom stereocenters. The summed E-state index contributed by atoms with van der Waals surface area (Å²) in [5.74, 6) is 0.676. The fourth-order valence-corrected chi connectivity index (χ4v) is 1.54.